The van der Waals surface area contributed by atoms with E-state index in [0.29, 0.717) is 23.2 Å². The molecule has 1 fully saturated rings. The number of aromatic nitrogens is 3. The van der Waals surface area contributed by atoms with Gasteiger partial charge in [0.15, 0.2) is 5.16 Å². The lowest BCUT2D eigenvalue weighted by molar-refractivity contribution is -0.121. The van der Waals surface area contributed by atoms with E-state index >= 15 is 0 Å². The first-order valence-electron chi connectivity index (χ1n) is 10.6. The summed E-state index contributed by atoms with van der Waals surface area (Å²) in [5.74, 6) is 0.877. The minimum Gasteiger partial charge on any atom is -0.497 e. The van der Waals surface area contributed by atoms with Crippen LogP contribution in [0.25, 0.3) is 5.69 Å². The first-order chi connectivity index (χ1) is 16.4. The van der Waals surface area contributed by atoms with Gasteiger partial charge in [0.2, 0.25) is 11.8 Å². The number of hydrogen-bond donors (Lipinski definition) is 3. The number of ether oxygens (including phenoxy) is 1. The lowest BCUT2D eigenvalue weighted by atomic mass is 10.1. The van der Waals surface area contributed by atoms with Crippen LogP contribution in [0.5, 0.6) is 5.75 Å². The molecular formula is C23H24N6O4S. The van der Waals surface area contributed by atoms with Gasteiger partial charge >= 0.3 is 6.03 Å². The number of rotatable bonds is 8. The Morgan fingerprint density at radius 1 is 1.21 bits per heavy atom. The number of anilines is 1. The number of carbonyl (C=O) groups is 3. The number of methoxy groups -OCH3 is 1. The van der Waals surface area contributed by atoms with Crippen molar-refractivity contribution in [2.45, 2.75) is 31.0 Å². The molecule has 4 rings (SSSR count). The van der Waals surface area contributed by atoms with E-state index < -0.39 is 12.1 Å². The Bertz CT molecular complexity index is 1190. The smallest absolute Gasteiger partial charge is 0.321 e. The van der Waals surface area contributed by atoms with Gasteiger partial charge in [0.05, 0.1) is 12.9 Å². The van der Waals surface area contributed by atoms with Gasteiger partial charge in [0.1, 0.15) is 11.6 Å². The molecule has 1 saturated heterocycles. The third-order valence-corrected chi connectivity index (χ3v) is 6.04. The number of nitrogens with one attached hydrogen (secondary N) is 3. The standard InChI is InChI=1S/C23H24N6O4S/c1-14-4-3-5-15(10-14)24-21(31)13-34-23-28-27-19(11-16-12-20(30)26-22(32)25-16)29(23)17-6-8-18(33-2)9-7-17/h3-10,16H,11-13H2,1-2H3,(H,24,31)(H2,25,26,30,32). The second-order valence-corrected chi connectivity index (χ2v) is 8.71. The molecule has 11 heteroatoms. The summed E-state index contributed by atoms with van der Waals surface area (Å²) in [4.78, 5) is 36.0. The topological polar surface area (TPSA) is 127 Å². The molecule has 1 atom stereocenters. The summed E-state index contributed by atoms with van der Waals surface area (Å²) in [6.07, 6.45) is 0.441. The zero-order valence-electron chi connectivity index (χ0n) is 18.7. The molecule has 4 amide bonds. The van der Waals surface area contributed by atoms with Crippen molar-refractivity contribution in [1.29, 1.82) is 0 Å². The van der Waals surface area contributed by atoms with Gasteiger partial charge in [-0.25, -0.2) is 4.79 Å². The molecule has 0 aliphatic carbocycles. The van der Waals surface area contributed by atoms with Gasteiger partial charge in [-0.05, 0) is 48.9 Å². The number of amides is 4. The van der Waals surface area contributed by atoms with Gasteiger partial charge in [-0.3, -0.25) is 19.5 Å². The molecule has 176 valence electrons. The van der Waals surface area contributed by atoms with Crippen molar-refractivity contribution in [3.05, 3.63) is 59.9 Å². The summed E-state index contributed by atoms with van der Waals surface area (Å²) in [7, 11) is 1.59. The van der Waals surface area contributed by atoms with E-state index in [1.807, 2.05) is 60.0 Å². The van der Waals surface area contributed by atoms with Crippen LogP contribution in [-0.4, -0.2) is 51.5 Å². The van der Waals surface area contributed by atoms with Gasteiger partial charge in [0, 0.05) is 30.3 Å². The molecule has 1 aromatic heterocycles. The number of imide groups is 1. The first-order valence-corrected chi connectivity index (χ1v) is 11.6. The Morgan fingerprint density at radius 3 is 2.71 bits per heavy atom. The summed E-state index contributed by atoms with van der Waals surface area (Å²) >= 11 is 1.25. The van der Waals surface area contributed by atoms with Crippen molar-refractivity contribution < 1.29 is 19.1 Å². The highest BCUT2D eigenvalue weighted by atomic mass is 32.2. The number of benzene rings is 2. The van der Waals surface area contributed by atoms with E-state index in [1.165, 1.54) is 11.8 Å². The van der Waals surface area contributed by atoms with Crippen LogP contribution >= 0.6 is 11.8 Å². The van der Waals surface area contributed by atoms with Crippen LogP contribution < -0.4 is 20.7 Å². The Balaban J connectivity index is 1.54. The molecule has 1 aliphatic heterocycles. The van der Waals surface area contributed by atoms with Crippen molar-refractivity contribution in [2.75, 3.05) is 18.2 Å². The monoisotopic (exact) mass is 480 g/mol. The van der Waals surface area contributed by atoms with Gasteiger partial charge in [-0.15, -0.1) is 10.2 Å². The maximum Gasteiger partial charge on any atom is 0.321 e. The molecule has 0 saturated carbocycles. The number of hydrogen-bond acceptors (Lipinski definition) is 7. The molecule has 2 aromatic carbocycles. The van der Waals surface area contributed by atoms with E-state index in [2.05, 4.69) is 26.1 Å². The average molecular weight is 481 g/mol. The number of aryl methyl sites for hydroxylation is 1. The maximum atomic E-state index is 12.5. The zero-order valence-corrected chi connectivity index (χ0v) is 19.5. The summed E-state index contributed by atoms with van der Waals surface area (Å²) in [6.45, 7) is 1.96. The van der Waals surface area contributed by atoms with E-state index in [1.54, 1.807) is 7.11 Å². The molecule has 1 unspecified atom stereocenters. The second kappa shape index (κ2) is 10.4. The summed E-state index contributed by atoms with van der Waals surface area (Å²) in [5.41, 5.74) is 2.56. The Hall–Kier alpha value is -3.86. The lowest BCUT2D eigenvalue weighted by Gasteiger charge is -2.23. The quantitative estimate of drug-likeness (QED) is 0.423. The molecular weight excluding hydrogens is 456 g/mol. The molecule has 34 heavy (non-hydrogen) atoms. The van der Waals surface area contributed by atoms with Crippen molar-refractivity contribution in [1.82, 2.24) is 25.4 Å². The second-order valence-electron chi connectivity index (χ2n) is 7.77. The maximum absolute atomic E-state index is 12.5. The fourth-order valence-corrected chi connectivity index (χ4v) is 4.35. The van der Waals surface area contributed by atoms with Gasteiger partial charge in [-0.1, -0.05) is 23.9 Å². The first kappa shape index (κ1) is 23.3. The third kappa shape index (κ3) is 5.73. The SMILES string of the molecule is COc1ccc(-n2c(CC3CC(=O)NC(=O)N3)nnc2SCC(=O)Nc2cccc(C)c2)cc1. The van der Waals surface area contributed by atoms with Crippen molar-refractivity contribution in [2.24, 2.45) is 0 Å². The molecule has 2 heterocycles. The number of urea groups is 1. The van der Waals surface area contributed by atoms with Crippen LogP contribution in [0.15, 0.2) is 53.7 Å². The molecule has 3 N–H and O–H groups in total. The van der Waals surface area contributed by atoms with E-state index in [-0.39, 0.29) is 24.0 Å². The van der Waals surface area contributed by atoms with Crippen LogP contribution in [0.4, 0.5) is 10.5 Å². The number of nitrogens with zero attached hydrogens (tertiary/aromatic N) is 3. The van der Waals surface area contributed by atoms with Crippen LogP contribution in [0.2, 0.25) is 0 Å². The number of thioether (sulfide) groups is 1. The van der Waals surface area contributed by atoms with E-state index in [0.717, 1.165) is 16.9 Å². The zero-order chi connectivity index (χ0) is 24.1. The highest BCUT2D eigenvalue weighted by molar-refractivity contribution is 7.99. The van der Waals surface area contributed by atoms with Crippen LogP contribution in [0.3, 0.4) is 0 Å². The lowest BCUT2D eigenvalue weighted by Crippen LogP contribution is -2.53. The Labute approximate surface area is 200 Å². The molecule has 10 nitrogen and oxygen atoms in total. The molecule has 1 aliphatic rings. The Kier molecular flexibility index (Phi) is 7.12. The van der Waals surface area contributed by atoms with Gasteiger partial charge < -0.3 is 15.4 Å². The summed E-state index contributed by atoms with van der Waals surface area (Å²) < 4.78 is 7.07. The minimum absolute atomic E-state index is 0.130. The third-order valence-electron chi connectivity index (χ3n) is 5.11. The Morgan fingerprint density at radius 2 is 2.00 bits per heavy atom. The summed E-state index contributed by atoms with van der Waals surface area (Å²) in [6, 6.07) is 14.0. The van der Waals surface area contributed by atoms with Crippen molar-refractivity contribution in [3.8, 4) is 11.4 Å². The van der Waals surface area contributed by atoms with Crippen LogP contribution in [0.1, 0.15) is 17.8 Å². The van der Waals surface area contributed by atoms with Gasteiger partial charge in [0.25, 0.3) is 0 Å². The largest absolute Gasteiger partial charge is 0.497 e. The highest BCUT2D eigenvalue weighted by Gasteiger charge is 2.27. The van der Waals surface area contributed by atoms with Crippen molar-refractivity contribution in [3.63, 3.8) is 0 Å². The summed E-state index contributed by atoms with van der Waals surface area (Å²) in [5, 5.41) is 16.9. The fourth-order valence-electron chi connectivity index (χ4n) is 3.58. The number of carbonyl (C=O) groups excluding carboxylic acids is 3. The fraction of sp³-hybridized carbons (Fsp3) is 0.261. The predicted molar refractivity (Wildman–Crippen MR) is 127 cm³/mol. The van der Waals surface area contributed by atoms with Crippen LogP contribution in [-0.2, 0) is 16.0 Å². The predicted octanol–water partition coefficient (Wildman–Crippen LogP) is 2.46. The molecule has 0 bridgehead atoms. The average Bonchev–Trinajstić information content (AvgIpc) is 3.19. The molecule has 3 aromatic rings. The normalized spacial score (nSPS) is 15.4. The minimum atomic E-state index is -0.529. The van der Waals surface area contributed by atoms with E-state index in [9.17, 15) is 14.4 Å². The molecule has 0 spiro atoms. The van der Waals surface area contributed by atoms with E-state index in [4.69, 9.17) is 4.74 Å². The van der Waals surface area contributed by atoms with Crippen molar-refractivity contribution >= 4 is 35.3 Å². The van der Waals surface area contributed by atoms with Crippen LogP contribution in [0, 0.1) is 6.92 Å². The van der Waals surface area contributed by atoms with Gasteiger partial charge in [-0.2, -0.15) is 0 Å². The highest BCUT2D eigenvalue weighted by Crippen LogP contribution is 2.25. The molecule has 0 radical (unpaired) electrons.